The molecule has 1 aromatic carbocycles. The number of ether oxygens (including phenoxy) is 1. The number of carboxylic acid groups (broad SMARTS) is 1. The second-order valence-corrected chi connectivity index (χ2v) is 4.88. The topological polar surface area (TPSA) is 46.5 Å². The van der Waals surface area contributed by atoms with Crippen LogP contribution in [0.3, 0.4) is 0 Å². The minimum Gasteiger partial charge on any atom is -0.481 e. The summed E-state index contributed by atoms with van der Waals surface area (Å²) in [7, 11) is 0. The molecule has 1 N–H and O–H groups in total. The molecule has 98 valence electrons. The van der Waals surface area contributed by atoms with E-state index in [0.29, 0.717) is 12.0 Å². The van der Waals surface area contributed by atoms with Crippen molar-refractivity contribution in [2.75, 3.05) is 0 Å². The molecule has 0 bridgehead atoms. The first-order valence-corrected chi connectivity index (χ1v) is 5.85. The summed E-state index contributed by atoms with van der Waals surface area (Å²) in [6.07, 6.45) is -4.23. The van der Waals surface area contributed by atoms with Gasteiger partial charge in [-0.05, 0) is 46.0 Å². The van der Waals surface area contributed by atoms with E-state index in [2.05, 4.69) is 20.7 Å². The van der Waals surface area contributed by atoms with Crippen molar-refractivity contribution in [2.24, 2.45) is 5.92 Å². The lowest BCUT2D eigenvalue weighted by atomic mass is 10.1. The summed E-state index contributed by atoms with van der Waals surface area (Å²) in [6.45, 7) is 0. The van der Waals surface area contributed by atoms with Crippen LogP contribution < -0.4 is 4.74 Å². The van der Waals surface area contributed by atoms with E-state index in [1.807, 2.05) is 0 Å². The predicted octanol–water partition coefficient (Wildman–Crippen LogP) is 3.54. The highest BCUT2D eigenvalue weighted by molar-refractivity contribution is 9.10. The van der Waals surface area contributed by atoms with Gasteiger partial charge in [0.15, 0.2) is 0 Å². The van der Waals surface area contributed by atoms with Gasteiger partial charge in [0.05, 0.1) is 10.4 Å². The van der Waals surface area contributed by atoms with Crippen LogP contribution in [0, 0.1) is 5.92 Å². The average Bonchev–Trinajstić information content (AvgIpc) is 2.98. The molecule has 1 aliphatic rings. The van der Waals surface area contributed by atoms with Gasteiger partial charge in [-0.1, -0.05) is 6.07 Å². The predicted molar refractivity (Wildman–Crippen MR) is 59.3 cm³/mol. The van der Waals surface area contributed by atoms with Crippen LogP contribution in [0.15, 0.2) is 22.7 Å². The largest absolute Gasteiger partial charge is 0.573 e. The Labute approximate surface area is 109 Å². The fraction of sp³-hybridized carbons (Fsp3) is 0.364. The molecule has 1 aliphatic carbocycles. The number of hydrogen-bond donors (Lipinski definition) is 1. The van der Waals surface area contributed by atoms with Gasteiger partial charge in [-0.25, -0.2) is 0 Å². The molecule has 2 atom stereocenters. The van der Waals surface area contributed by atoms with E-state index < -0.39 is 18.2 Å². The third kappa shape index (κ3) is 2.95. The molecule has 7 heteroatoms. The Morgan fingerprint density at radius 2 is 2.11 bits per heavy atom. The molecule has 0 radical (unpaired) electrons. The van der Waals surface area contributed by atoms with E-state index >= 15 is 0 Å². The van der Waals surface area contributed by atoms with Crippen LogP contribution in [-0.4, -0.2) is 17.4 Å². The van der Waals surface area contributed by atoms with Crippen molar-refractivity contribution >= 4 is 21.9 Å². The van der Waals surface area contributed by atoms with Gasteiger partial charge in [-0.3, -0.25) is 4.79 Å². The van der Waals surface area contributed by atoms with Crippen LogP contribution in [-0.2, 0) is 4.79 Å². The van der Waals surface area contributed by atoms with Crippen molar-refractivity contribution in [1.29, 1.82) is 0 Å². The maximum Gasteiger partial charge on any atom is 0.573 e. The molecule has 1 fully saturated rings. The highest BCUT2D eigenvalue weighted by atomic mass is 79.9. The highest BCUT2D eigenvalue weighted by Gasteiger charge is 2.44. The van der Waals surface area contributed by atoms with Gasteiger partial charge in [-0.15, -0.1) is 13.2 Å². The van der Waals surface area contributed by atoms with Crippen molar-refractivity contribution in [1.82, 2.24) is 0 Å². The van der Waals surface area contributed by atoms with E-state index in [1.165, 1.54) is 18.2 Å². The number of carbonyl (C=O) groups is 1. The standard InChI is InChI=1S/C11H8BrF3O3/c12-8-3-5(6-4-7(6)10(16)17)1-2-9(8)18-11(13,14)15/h1-3,6-7H,4H2,(H,16,17). The van der Waals surface area contributed by atoms with Gasteiger partial charge in [0.2, 0.25) is 0 Å². The Kier molecular flexibility index (Phi) is 3.27. The summed E-state index contributed by atoms with van der Waals surface area (Å²) in [5.74, 6) is -1.78. The van der Waals surface area contributed by atoms with Crippen molar-refractivity contribution in [3.05, 3.63) is 28.2 Å². The molecule has 0 spiro atoms. The second kappa shape index (κ2) is 4.46. The number of hydrogen-bond acceptors (Lipinski definition) is 2. The number of rotatable bonds is 3. The minimum absolute atomic E-state index is 0.126. The maximum absolute atomic E-state index is 12.0. The molecule has 0 saturated heterocycles. The first-order chi connectivity index (χ1) is 8.28. The summed E-state index contributed by atoms with van der Waals surface area (Å²) in [4.78, 5) is 10.7. The zero-order valence-corrected chi connectivity index (χ0v) is 10.5. The highest BCUT2D eigenvalue weighted by Crippen LogP contribution is 2.48. The lowest BCUT2D eigenvalue weighted by Gasteiger charge is -2.11. The number of halogens is 4. The van der Waals surface area contributed by atoms with Gasteiger partial charge in [-0.2, -0.15) is 0 Å². The monoisotopic (exact) mass is 324 g/mol. The fourth-order valence-corrected chi connectivity index (χ4v) is 2.27. The quantitative estimate of drug-likeness (QED) is 0.925. The van der Waals surface area contributed by atoms with Crippen LogP contribution in [0.1, 0.15) is 17.9 Å². The molecule has 1 aromatic rings. The summed E-state index contributed by atoms with van der Waals surface area (Å²) in [5, 5.41) is 8.78. The smallest absolute Gasteiger partial charge is 0.481 e. The Morgan fingerprint density at radius 1 is 1.44 bits per heavy atom. The van der Waals surface area contributed by atoms with Gasteiger partial charge in [0.25, 0.3) is 0 Å². The molecular formula is C11H8BrF3O3. The first-order valence-electron chi connectivity index (χ1n) is 5.06. The zero-order valence-electron chi connectivity index (χ0n) is 8.87. The first kappa shape index (κ1) is 13.2. The summed E-state index contributed by atoms with van der Waals surface area (Å²) in [6, 6.07) is 4.11. The Balaban J connectivity index is 2.14. The van der Waals surface area contributed by atoms with Gasteiger partial charge >= 0.3 is 12.3 Å². The van der Waals surface area contributed by atoms with Crippen molar-refractivity contribution in [3.63, 3.8) is 0 Å². The maximum atomic E-state index is 12.0. The van der Waals surface area contributed by atoms with Gasteiger partial charge in [0.1, 0.15) is 5.75 Å². The van der Waals surface area contributed by atoms with E-state index in [1.54, 1.807) is 0 Å². The summed E-state index contributed by atoms with van der Waals surface area (Å²) >= 11 is 2.98. The molecular weight excluding hydrogens is 317 g/mol. The Morgan fingerprint density at radius 3 is 2.56 bits per heavy atom. The van der Waals surface area contributed by atoms with E-state index in [-0.39, 0.29) is 16.1 Å². The number of benzene rings is 1. The molecule has 3 nitrogen and oxygen atoms in total. The average molecular weight is 325 g/mol. The van der Waals surface area contributed by atoms with Crippen molar-refractivity contribution < 1.29 is 27.8 Å². The van der Waals surface area contributed by atoms with E-state index in [0.717, 1.165) is 0 Å². The molecule has 0 aliphatic heterocycles. The molecule has 18 heavy (non-hydrogen) atoms. The van der Waals surface area contributed by atoms with E-state index in [4.69, 9.17) is 5.11 Å². The normalized spacial score (nSPS) is 22.7. The second-order valence-electron chi connectivity index (χ2n) is 4.02. The van der Waals surface area contributed by atoms with Crippen LogP contribution in [0.4, 0.5) is 13.2 Å². The number of carboxylic acids is 1. The van der Waals surface area contributed by atoms with Crippen molar-refractivity contribution in [3.8, 4) is 5.75 Å². The minimum atomic E-state index is -4.74. The van der Waals surface area contributed by atoms with Crippen LogP contribution >= 0.6 is 15.9 Å². The van der Waals surface area contributed by atoms with Gasteiger partial charge < -0.3 is 9.84 Å². The lowest BCUT2D eigenvalue weighted by Crippen LogP contribution is -2.17. The van der Waals surface area contributed by atoms with Crippen LogP contribution in [0.25, 0.3) is 0 Å². The third-order valence-corrected chi connectivity index (χ3v) is 3.34. The van der Waals surface area contributed by atoms with Crippen LogP contribution in [0.5, 0.6) is 5.75 Å². The number of aliphatic carboxylic acids is 1. The summed E-state index contributed by atoms with van der Waals surface area (Å²) < 4.78 is 40.1. The van der Waals surface area contributed by atoms with E-state index in [9.17, 15) is 18.0 Å². The lowest BCUT2D eigenvalue weighted by molar-refractivity contribution is -0.274. The van der Waals surface area contributed by atoms with Gasteiger partial charge in [0, 0.05) is 0 Å². The SMILES string of the molecule is O=C(O)C1CC1c1ccc(OC(F)(F)F)c(Br)c1. The Bertz CT molecular complexity index is 487. The molecule has 2 unspecified atom stereocenters. The molecule has 1 saturated carbocycles. The molecule has 0 heterocycles. The number of alkyl halides is 3. The fourth-order valence-electron chi connectivity index (χ4n) is 1.79. The Hall–Kier alpha value is -1.24. The summed E-state index contributed by atoms with van der Waals surface area (Å²) in [5.41, 5.74) is 0.698. The molecule has 0 aromatic heterocycles. The third-order valence-electron chi connectivity index (χ3n) is 2.72. The molecule has 0 amide bonds. The van der Waals surface area contributed by atoms with Crippen LogP contribution in [0.2, 0.25) is 0 Å². The van der Waals surface area contributed by atoms with Crippen molar-refractivity contribution in [2.45, 2.75) is 18.7 Å². The molecule has 2 rings (SSSR count). The zero-order chi connectivity index (χ0) is 13.5.